The summed E-state index contributed by atoms with van der Waals surface area (Å²) in [4.78, 5) is 2.43. The second-order valence-corrected chi connectivity index (χ2v) is 7.13. The molecule has 0 aromatic heterocycles. The van der Waals surface area contributed by atoms with E-state index in [1.54, 1.807) is 0 Å². The first-order valence-electron chi connectivity index (χ1n) is 9.83. The van der Waals surface area contributed by atoms with E-state index in [1.807, 2.05) is 0 Å². The molecule has 1 aliphatic heterocycles. The summed E-state index contributed by atoms with van der Waals surface area (Å²) < 4.78 is 5.57. The lowest BCUT2D eigenvalue weighted by molar-refractivity contribution is 0.123. The molecule has 0 saturated carbocycles. The Bertz CT molecular complexity index is 1100. The normalized spacial score (nSPS) is 14.4. The van der Waals surface area contributed by atoms with E-state index in [9.17, 15) is 0 Å². The van der Waals surface area contributed by atoms with Crippen LogP contribution in [0, 0.1) is 6.07 Å². The van der Waals surface area contributed by atoms with Gasteiger partial charge < -0.3 is 9.64 Å². The number of ether oxygens (including phenoxy) is 1. The summed E-state index contributed by atoms with van der Waals surface area (Å²) in [6.07, 6.45) is 0. The first-order valence-corrected chi connectivity index (χ1v) is 9.83. The molecule has 0 unspecified atom stereocenters. The fraction of sp³-hybridized carbons (Fsp3) is 0.154. The van der Waals surface area contributed by atoms with Crippen molar-refractivity contribution in [1.29, 1.82) is 0 Å². The van der Waals surface area contributed by atoms with Gasteiger partial charge in [0.1, 0.15) is 0 Å². The molecule has 2 heteroatoms. The number of hydrogen-bond donors (Lipinski definition) is 0. The van der Waals surface area contributed by atoms with Crippen LogP contribution in [0.4, 0.5) is 5.69 Å². The predicted octanol–water partition coefficient (Wildman–Crippen LogP) is 5.81. The summed E-state index contributed by atoms with van der Waals surface area (Å²) in [5.74, 6) is 0. The number of morpholine rings is 1. The minimum Gasteiger partial charge on any atom is -0.378 e. The quantitative estimate of drug-likeness (QED) is 0.455. The molecule has 2 nitrogen and oxygen atoms in total. The fourth-order valence-corrected chi connectivity index (χ4v) is 3.99. The molecule has 137 valence electrons. The van der Waals surface area contributed by atoms with Gasteiger partial charge in [0.2, 0.25) is 0 Å². The number of anilines is 1. The lowest BCUT2D eigenvalue weighted by Crippen LogP contribution is -2.36. The zero-order valence-electron chi connectivity index (χ0n) is 15.8. The number of nitrogens with zero attached hydrogens (tertiary/aromatic N) is 1. The van der Waals surface area contributed by atoms with Gasteiger partial charge >= 0.3 is 0 Å². The van der Waals surface area contributed by atoms with Gasteiger partial charge in [-0.1, -0.05) is 72.8 Å². The third-order valence-corrected chi connectivity index (χ3v) is 5.40. The van der Waals surface area contributed by atoms with Gasteiger partial charge in [-0.2, -0.15) is 0 Å². The van der Waals surface area contributed by atoms with Crippen molar-refractivity contribution >= 4 is 16.5 Å². The summed E-state index contributed by atoms with van der Waals surface area (Å²) in [6, 6.07) is 33.8. The number of hydrogen-bond acceptors (Lipinski definition) is 2. The average molecular weight is 364 g/mol. The highest BCUT2D eigenvalue weighted by atomic mass is 16.5. The average Bonchev–Trinajstić information content (AvgIpc) is 2.79. The summed E-state index contributed by atoms with van der Waals surface area (Å²) in [6.45, 7) is 3.40. The zero-order valence-corrected chi connectivity index (χ0v) is 15.8. The number of benzene rings is 4. The molecule has 0 spiro atoms. The van der Waals surface area contributed by atoms with Gasteiger partial charge in [-0.15, -0.1) is 0 Å². The van der Waals surface area contributed by atoms with E-state index < -0.39 is 0 Å². The Balaban J connectivity index is 1.75. The number of fused-ring (bicyclic) bond motifs is 1. The maximum atomic E-state index is 5.57. The molecular formula is C26H22NO. The van der Waals surface area contributed by atoms with Gasteiger partial charge in [-0.3, -0.25) is 0 Å². The van der Waals surface area contributed by atoms with Crippen LogP contribution in [0.2, 0.25) is 0 Å². The van der Waals surface area contributed by atoms with Crippen molar-refractivity contribution in [2.75, 3.05) is 31.2 Å². The first-order chi connectivity index (χ1) is 13.9. The third-order valence-electron chi connectivity index (χ3n) is 5.40. The van der Waals surface area contributed by atoms with Crippen LogP contribution in [0.1, 0.15) is 0 Å². The largest absolute Gasteiger partial charge is 0.378 e. The molecule has 4 aromatic rings. The summed E-state index contributed by atoms with van der Waals surface area (Å²) >= 11 is 0. The molecule has 1 saturated heterocycles. The Morgan fingerprint density at radius 3 is 2.29 bits per heavy atom. The molecular weight excluding hydrogens is 342 g/mol. The van der Waals surface area contributed by atoms with Gasteiger partial charge in [0.05, 0.1) is 13.2 Å². The van der Waals surface area contributed by atoms with Crippen LogP contribution >= 0.6 is 0 Å². The van der Waals surface area contributed by atoms with Gasteiger partial charge in [0, 0.05) is 29.9 Å². The van der Waals surface area contributed by atoms with Crippen molar-refractivity contribution in [3.63, 3.8) is 0 Å². The minimum absolute atomic E-state index is 0.779. The maximum absolute atomic E-state index is 5.57. The van der Waals surface area contributed by atoms with Crippen molar-refractivity contribution in [3.8, 4) is 22.3 Å². The molecule has 28 heavy (non-hydrogen) atoms. The lowest BCUT2D eigenvalue weighted by Gasteiger charge is -2.31. The highest BCUT2D eigenvalue weighted by Gasteiger charge is 2.18. The van der Waals surface area contributed by atoms with Gasteiger partial charge in [0.15, 0.2) is 0 Å². The molecule has 0 amide bonds. The Morgan fingerprint density at radius 1 is 0.714 bits per heavy atom. The predicted molar refractivity (Wildman–Crippen MR) is 117 cm³/mol. The molecule has 1 heterocycles. The second-order valence-electron chi connectivity index (χ2n) is 7.13. The van der Waals surface area contributed by atoms with E-state index >= 15 is 0 Å². The van der Waals surface area contributed by atoms with Crippen molar-refractivity contribution in [2.45, 2.75) is 0 Å². The van der Waals surface area contributed by atoms with Crippen LogP contribution in [-0.4, -0.2) is 26.3 Å². The van der Waals surface area contributed by atoms with Crippen LogP contribution < -0.4 is 4.90 Å². The molecule has 5 rings (SSSR count). The summed E-state index contributed by atoms with van der Waals surface area (Å²) in [7, 11) is 0. The fourth-order valence-electron chi connectivity index (χ4n) is 3.99. The smallest absolute Gasteiger partial charge is 0.0642 e. The van der Waals surface area contributed by atoms with E-state index in [2.05, 4.69) is 95.9 Å². The van der Waals surface area contributed by atoms with Crippen molar-refractivity contribution in [1.82, 2.24) is 0 Å². The maximum Gasteiger partial charge on any atom is 0.0642 e. The molecule has 0 atom stereocenters. The molecule has 0 N–H and O–H groups in total. The molecule has 1 fully saturated rings. The molecule has 1 aliphatic rings. The Kier molecular flexibility index (Phi) is 4.56. The van der Waals surface area contributed by atoms with Gasteiger partial charge in [-0.25, -0.2) is 0 Å². The van der Waals surface area contributed by atoms with E-state index in [0.29, 0.717) is 0 Å². The van der Waals surface area contributed by atoms with Gasteiger partial charge in [0.25, 0.3) is 0 Å². The lowest BCUT2D eigenvalue weighted by atomic mass is 9.90. The standard InChI is InChI=1S/C26H22NO/c1-2-8-20(9-3-1)24-18-21-10-4-5-11-22(21)19-25(24)23-12-6-7-13-26(23)27-14-16-28-17-15-27/h1-13,18H,14-17H2. The Labute approximate surface area is 166 Å². The Hall–Kier alpha value is -3.10. The first kappa shape index (κ1) is 17.0. The molecule has 0 bridgehead atoms. The molecule has 0 aliphatic carbocycles. The van der Waals surface area contributed by atoms with Crippen LogP contribution in [0.25, 0.3) is 33.0 Å². The highest BCUT2D eigenvalue weighted by molar-refractivity contribution is 5.98. The van der Waals surface area contributed by atoms with E-state index in [0.717, 1.165) is 37.3 Å². The van der Waals surface area contributed by atoms with Crippen LogP contribution in [0.15, 0.2) is 84.9 Å². The second kappa shape index (κ2) is 7.49. The van der Waals surface area contributed by atoms with Crippen LogP contribution in [0.5, 0.6) is 0 Å². The monoisotopic (exact) mass is 364 g/mol. The van der Waals surface area contributed by atoms with Crippen molar-refractivity contribution in [3.05, 3.63) is 91.0 Å². The molecule has 4 aromatic carbocycles. The van der Waals surface area contributed by atoms with Gasteiger partial charge in [-0.05, 0) is 40.1 Å². The number of rotatable bonds is 3. The third kappa shape index (κ3) is 3.17. The van der Waals surface area contributed by atoms with Crippen molar-refractivity contribution < 1.29 is 4.74 Å². The van der Waals surface area contributed by atoms with E-state index in [4.69, 9.17) is 4.74 Å². The van der Waals surface area contributed by atoms with E-state index in [1.165, 1.54) is 27.8 Å². The van der Waals surface area contributed by atoms with E-state index in [-0.39, 0.29) is 0 Å². The SMILES string of the molecule is [c]1c(-c2ccccc2N2CCOCC2)c(-c2ccccc2)cc2ccccc12. The van der Waals surface area contributed by atoms with Crippen molar-refractivity contribution in [2.24, 2.45) is 0 Å². The van der Waals surface area contributed by atoms with Crippen LogP contribution in [0.3, 0.4) is 0 Å². The Morgan fingerprint density at radius 2 is 1.43 bits per heavy atom. The zero-order chi connectivity index (χ0) is 18.8. The topological polar surface area (TPSA) is 12.5 Å². The summed E-state index contributed by atoms with van der Waals surface area (Å²) in [5, 5.41) is 2.36. The van der Waals surface area contributed by atoms with Crippen LogP contribution in [-0.2, 0) is 4.74 Å². The minimum atomic E-state index is 0.779. The molecule has 1 radical (unpaired) electrons. The summed E-state index contributed by atoms with van der Waals surface area (Å²) in [5.41, 5.74) is 6.09. The number of para-hydroxylation sites is 1. The highest BCUT2D eigenvalue weighted by Crippen LogP contribution is 2.39.